The Kier molecular flexibility index (Phi) is 5.90. The minimum absolute atomic E-state index is 0.209. The number of hydrogen-bond acceptors (Lipinski definition) is 3. The third kappa shape index (κ3) is 4.23. The van der Waals surface area contributed by atoms with Gasteiger partial charge in [-0.2, -0.15) is 4.68 Å². The number of nitrogens with one attached hydrogen (secondary N) is 1. The van der Waals surface area contributed by atoms with E-state index in [1.807, 2.05) is 22.9 Å². The first-order chi connectivity index (χ1) is 12.6. The summed E-state index contributed by atoms with van der Waals surface area (Å²) in [6.45, 7) is 4.26. The van der Waals surface area contributed by atoms with Gasteiger partial charge in [-0.25, -0.2) is 4.39 Å². The van der Waals surface area contributed by atoms with Gasteiger partial charge in [-0.1, -0.05) is 19.1 Å². The molecule has 0 radical (unpaired) electrons. The van der Waals surface area contributed by atoms with Gasteiger partial charge < -0.3 is 4.90 Å². The Morgan fingerprint density at radius 3 is 2.65 bits per heavy atom. The molecule has 7 heteroatoms. The lowest BCUT2D eigenvalue weighted by Gasteiger charge is -2.13. The average molecular weight is 372 g/mol. The fourth-order valence-corrected chi connectivity index (χ4v) is 3.27. The first-order valence-corrected chi connectivity index (χ1v) is 9.13. The summed E-state index contributed by atoms with van der Waals surface area (Å²) in [7, 11) is 2.05. The number of hydrogen-bond donors (Lipinski definition) is 1. The summed E-state index contributed by atoms with van der Waals surface area (Å²) in [5.74, 6) is 0.650. The molecule has 26 heavy (non-hydrogen) atoms. The summed E-state index contributed by atoms with van der Waals surface area (Å²) in [6.07, 6.45) is 4.49. The molecule has 3 aromatic rings. The zero-order valence-electron chi connectivity index (χ0n) is 15.0. The quantitative estimate of drug-likeness (QED) is 0.648. The van der Waals surface area contributed by atoms with E-state index in [0.29, 0.717) is 18.0 Å². The van der Waals surface area contributed by atoms with E-state index in [1.165, 1.54) is 11.0 Å². The molecule has 0 saturated heterocycles. The molecular weight excluding hydrogens is 349 g/mol. The van der Waals surface area contributed by atoms with Gasteiger partial charge in [-0.15, -0.1) is 5.10 Å². The maximum absolute atomic E-state index is 13.4. The third-order valence-corrected chi connectivity index (χ3v) is 4.55. The topological polar surface area (TPSA) is 40.1 Å². The number of benzene rings is 1. The molecule has 0 fully saturated rings. The van der Waals surface area contributed by atoms with Crippen LogP contribution in [0.1, 0.15) is 18.9 Å². The molecule has 1 N–H and O–H groups in total. The van der Waals surface area contributed by atoms with Gasteiger partial charge in [-0.05, 0) is 42.9 Å². The van der Waals surface area contributed by atoms with Crippen molar-refractivity contribution in [1.29, 1.82) is 0 Å². The van der Waals surface area contributed by atoms with E-state index in [1.54, 1.807) is 24.5 Å². The van der Waals surface area contributed by atoms with E-state index >= 15 is 0 Å². The predicted molar refractivity (Wildman–Crippen MR) is 102 cm³/mol. The molecule has 0 aliphatic heterocycles. The molecule has 5 nitrogen and oxygen atoms in total. The van der Waals surface area contributed by atoms with Crippen molar-refractivity contribution in [2.75, 3.05) is 7.05 Å². The Morgan fingerprint density at radius 1 is 1.19 bits per heavy atom. The van der Waals surface area contributed by atoms with Crippen LogP contribution < -0.4 is 4.90 Å². The van der Waals surface area contributed by atoms with Crippen LogP contribution in [0.3, 0.4) is 0 Å². The number of aromatic nitrogens is 4. The molecule has 1 unspecified atom stereocenters. The highest BCUT2D eigenvalue weighted by Crippen LogP contribution is 2.17. The first kappa shape index (κ1) is 18.4. The number of quaternary nitrogens is 1. The average Bonchev–Trinajstić information content (AvgIpc) is 2.92. The molecule has 0 spiro atoms. The predicted octanol–water partition coefficient (Wildman–Crippen LogP) is 2.70. The molecule has 0 bridgehead atoms. The van der Waals surface area contributed by atoms with E-state index < -0.39 is 0 Å². The molecule has 3 rings (SSSR count). The fourth-order valence-electron chi connectivity index (χ4n) is 2.99. The number of nitrogens with zero attached hydrogens (tertiary/aromatic N) is 4. The summed E-state index contributed by atoms with van der Waals surface area (Å²) in [4.78, 5) is 5.25. The molecular formula is C19H23FN5S+. The Morgan fingerprint density at radius 2 is 1.96 bits per heavy atom. The van der Waals surface area contributed by atoms with Crippen molar-refractivity contribution < 1.29 is 9.29 Å². The molecule has 0 aliphatic rings. The normalized spacial score (nSPS) is 12.3. The molecule has 0 saturated carbocycles. The van der Waals surface area contributed by atoms with Crippen LogP contribution in [0.25, 0.3) is 11.4 Å². The lowest BCUT2D eigenvalue weighted by molar-refractivity contribution is -0.917. The Labute approximate surface area is 157 Å². The molecule has 2 heterocycles. The smallest absolute Gasteiger partial charge is 0.203 e. The Hall–Kier alpha value is -2.38. The van der Waals surface area contributed by atoms with Crippen molar-refractivity contribution in [3.8, 4) is 11.4 Å². The Bertz CT molecular complexity index is 919. The zero-order chi connectivity index (χ0) is 18.5. The van der Waals surface area contributed by atoms with Gasteiger partial charge in [0.1, 0.15) is 12.4 Å². The second-order valence-electron chi connectivity index (χ2n) is 6.42. The molecule has 0 amide bonds. The third-order valence-electron chi connectivity index (χ3n) is 4.12. The minimum atomic E-state index is -0.209. The van der Waals surface area contributed by atoms with Gasteiger partial charge in [0.25, 0.3) is 0 Å². The second kappa shape index (κ2) is 8.33. The van der Waals surface area contributed by atoms with Crippen LogP contribution in [0.15, 0.2) is 48.8 Å². The number of pyridine rings is 1. The highest BCUT2D eigenvalue weighted by Gasteiger charge is 2.15. The van der Waals surface area contributed by atoms with Crippen molar-refractivity contribution >= 4 is 12.2 Å². The van der Waals surface area contributed by atoms with Gasteiger partial charge in [0.15, 0.2) is 12.5 Å². The maximum Gasteiger partial charge on any atom is 0.203 e. The van der Waals surface area contributed by atoms with Crippen LogP contribution in [0.4, 0.5) is 4.39 Å². The van der Waals surface area contributed by atoms with Gasteiger partial charge in [0.05, 0.1) is 7.05 Å². The molecule has 136 valence electrons. The number of rotatable bonds is 7. The van der Waals surface area contributed by atoms with Crippen LogP contribution in [0.5, 0.6) is 0 Å². The van der Waals surface area contributed by atoms with E-state index in [2.05, 4.69) is 23.5 Å². The van der Waals surface area contributed by atoms with E-state index in [4.69, 9.17) is 17.3 Å². The van der Waals surface area contributed by atoms with Gasteiger partial charge in [0.2, 0.25) is 4.77 Å². The van der Waals surface area contributed by atoms with Crippen molar-refractivity contribution in [3.63, 3.8) is 0 Å². The van der Waals surface area contributed by atoms with Crippen molar-refractivity contribution in [2.24, 2.45) is 0 Å². The van der Waals surface area contributed by atoms with Crippen LogP contribution in [0, 0.1) is 10.6 Å². The summed E-state index contributed by atoms with van der Waals surface area (Å²) in [5.41, 5.74) is 1.96. The lowest BCUT2D eigenvalue weighted by Crippen LogP contribution is -3.07. The van der Waals surface area contributed by atoms with Crippen LogP contribution >= 0.6 is 12.2 Å². The van der Waals surface area contributed by atoms with Crippen LogP contribution in [-0.4, -0.2) is 26.4 Å². The van der Waals surface area contributed by atoms with Crippen molar-refractivity contribution in [3.05, 3.63) is 64.9 Å². The van der Waals surface area contributed by atoms with Crippen LogP contribution in [0.2, 0.25) is 0 Å². The summed E-state index contributed by atoms with van der Waals surface area (Å²) < 4.78 is 18.0. The SMILES string of the molecule is CCCn1c(-c2ccncc2)nn(C[NH+](C)Cc2cccc(F)c2)c1=S. The van der Waals surface area contributed by atoms with E-state index in [-0.39, 0.29) is 5.82 Å². The fraction of sp³-hybridized carbons (Fsp3) is 0.316. The van der Waals surface area contributed by atoms with Crippen molar-refractivity contribution in [1.82, 2.24) is 19.3 Å². The zero-order valence-corrected chi connectivity index (χ0v) is 15.8. The van der Waals surface area contributed by atoms with E-state index in [9.17, 15) is 4.39 Å². The molecule has 2 aromatic heterocycles. The molecule has 0 aliphatic carbocycles. The first-order valence-electron chi connectivity index (χ1n) is 8.72. The summed E-state index contributed by atoms with van der Waals surface area (Å²) in [5, 5.41) is 4.75. The van der Waals surface area contributed by atoms with Gasteiger partial charge in [-0.3, -0.25) is 9.55 Å². The van der Waals surface area contributed by atoms with Crippen molar-refractivity contribution in [2.45, 2.75) is 33.1 Å². The minimum Gasteiger partial charge on any atom is -0.315 e. The van der Waals surface area contributed by atoms with Gasteiger partial charge in [0, 0.05) is 30.1 Å². The number of halogens is 1. The maximum atomic E-state index is 13.4. The largest absolute Gasteiger partial charge is 0.315 e. The summed E-state index contributed by atoms with van der Waals surface area (Å²) >= 11 is 5.66. The standard InChI is InChI=1S/C19H22FN5S/c1-3-11-24-18(16-7-9-21-10-8-16)22-25(19(24)26)14-23(2)13-15-5-4-6-17(20)12-15/h4-10,12H,3,11,13-14H2,1-2H3/p+1. The van der Waals surface area contributed by atoms with Crippen LogP contribution in [-0.2, 0) is 19.8 Å². The molecule has 1 aromatic carbocycles. The van der Waals surface area contributed by atoms with E-state index in [0.717, 1.165) is 29.9 Å². The monoisotopic (exact) mass is 372 g/mol. The second-order valence-corrected chi connectivity index (χ2v) is 6.78. The highest BCUT2D eigenvalue weighted by molar-refractivity contribution is 7.71. The molecule has 1 atom stereocenters. The Balaban J connectivity index is 1.84. The van der Waals surface area contributed by atoms with Gasteiger partial charge >= 0.3 is 0 Å². The highest BCUT2D eigenvalue weighted by atomic mass is 32.1. The summed E-state index contributed by atoms with van der Waals surface area (Å²) in [6, 6.07) is 10.6. The lowest BCUT2D eigenvalue weighted by atomic mass is 10.2.